The largest absolute Gasteiger partial charge is 0.508 e. The Morgan fingerprint density at radius 2 is 1.89 bits per heavy atom. The van der Waals surface area contributed by atoms with E-state index in [0.29, 0.717) is 5.75 Å². The van der Waals surface area contributed by atoms with Gasteiger partial charge in [0.25, 0.3) is 0 Å². The number of piperidine rings is 1. The third-order valence-electron chi connectivity index (χ3n) is 5.79. The molecule has 0 unspecified atom stereocenters. The standard InChI is InChI=1S/C22H26BrN3O2/c1-26-11-9-22(10-12-26)24-19(15-3-6-17(28-2)7-4-15)14-20(25-22)18-13-16(23)5-8-21(18)27/h3-8,13,20,25,27H,9-12,14H2,1-2H3/t20-/m1/s1. The number of phenols is 1. The summed E-state index contributed by atoms with van der Waals surface area (Å²) < 4.78 is 6.27. The molecule has 0 amide bonds. The summed E-state index contributed by atoms with van der Waals surface area (Å²) >= 11 is 3.54. The molecule has 5 nitrogen and oxygen atoms in total. The van der Waals surface area contributed by atoms with E-state index in [1.807, 2.05) is 24.3 Å². The minimum Gasteiger partial charge on any atom is -0.508 e. The van der Waals surface area contributed by atoms with Crippen LogP contribution in [0.15, 0.2) is 51.9 Å². The second-order valence-corrected chi connectivity index (χ2v) is 8.64. The highest BCUT2D eigenvalue weighted by Gasteiger charge is 2.40. The first-order valence-corrected chi connectivity index (χ1v) is 10.5. The van der Waals surface area contributed by atoms with Crippen molar-refractivity contribution >= 4 is 21.6 Å². The molecule has 0 aromatic heterocycles. The lowest BCUT2D eigenvalue weighted by Crippen LogP contribution is -2.55. The topological polar surface area (TPSA) is 57.1 Å². The van der Waals surface area contributed by atoms with Crippen LogP contribution in [0, 0.1) is 0 Å². The van der Waals surface area contributed by atoms with E-state index in [9.17, 15) is 5.11 Å². The van der Waals surface area contributed by atoms with Crippen molar-refractivity contribution in [3.63, 3.8) is 0 Å². The number of aromatic hydroxyl groups is 1. The maximum atomic E-state index is 10.5. The molecule has 2 aromatic rings. The van der Waals surface area contributed by atoms with Gasteiger partial charge in [-0.15, -0.1) is 0 Å². The summed E-state index contributed by atoms with van der Waals surface area (Å²) in [6, 6.07) is 13.7. The fourth-order valence-corrected chi connectivity index (χ4v) is 4.49. The van der Waals surface area contributed by atoms with Crippen molar-refractivity contribution in [2.45, 2.75) is 31.0 Å². The number of rotatable bonds is 3. The molecule has 2 heterocycles. The highest BCUT2D eigenvalue weighted by Crippen LogP contribution is 2.38. The van der Waals surface area contributed by atoms with Crippen molar-refractivity contribution in [2.75, 3.05) is 27.2 Å². The third-order valence-corrected chi connectivity index (χ3v) is 6.29. The predicted octanol–water partition coefficient (Wildman–Crippen LogP) is 4.11. The molecule has 1 atom stereocenters. The third kappa shape index (κ3) is 3.95. The number of benzene rings is 2. The Hall–Kier alpha value is -1.89. The summed E-state index contributed by atoms with van der Waals surface area (Å²) in [7, 11) is 3.83. The lowest BCUT2D eigenvalue weighted by Gasteiger charge is -2.44. The number of ether oxygens (including phenoxy) is 1. The van der Waals surface area contributed by atoms with E-state index in [1.54, 1.807) is 13.2 Å². The minimum atomic E-state index is -0.292. The van der Waals surface area contributed by atoms with E-state index >= 15 is 0 Å². The molecular weight excluding hydrogens is 418 g/mol. The summed E-state index contributed by atoms with van der Waals surface area (Å²) in [6.45, 7) is 2.01. The summed E-state index contributed by atoms with van der Waals surface area (Å²) in [4.78, 5) is 7.55. The predicted molar refractivity (Wildman–Crippen MR) is 115 cm³/mol. The van der Waals surface area contributed by atoms with E-state index < -0.39 is 0 Å². The molecule has 4 rings (SSSR count). The van der Waals surface area contributed by atoms with Crippen molar-refractivity contribution in [1.82, 2.24) is 10.2 Å². The Labute approximate surface area is 174 Å². The van der Waals surface area contributed by atoms with Gasteiger partial charge < -0.3 is 14.7 Å². The molecular formula is C22H26BrN3O2. The zero-order valence-corrected chi connectivity index (χ0v) is 17.9. The Bertz CT molecular complexity index is 874. The van der Waals surface area contributed by atoms with Crippen LogP contribution >= 0.6 is 15.9 Å². The molecule has 1 spiro atoms. The van der Waals surface area contributed by atoms with Gasteiger partial charge in [0.05, 0.1) is 7.11 Å². The van der Waals surface area contributed by atoms with E-state index in [-0.39, 0.29) is 11.7 Å². The van der Waals surface area contributed by atoms with Gasteiger partial charge in [-0.05, 0) is 67.9 Å². The summed E-state index contributed by atoms with van der Waals surface area (Å²) in [5.74, 6) is 1.16. The average Bonchev–Trinajstić information content (AvgIpc) is 2.72. The smallest absolute Gasteiger partial charge is 0.120 e. The van der Waals surface area contributed by atoms with Crippen molar-refractivity contribution in [1.29, 1.82) is 0 Å². The lowest BCUT2D eigenvalue weighted by molar-refractivity contribution is 0.144. The molecule has 1 saturated heterocycles. The van der Waals surface area contributed by atoms with Gasteiger partial charge in [0.2, 0.25) is 0 Å². The van der Waals surface area contributed by atoms with Gasteiger partial charge in [0, 0.05) is 41.3 Å². The fraction of sp³-hybridized carbons (Fsp3) is 0.409. The maximum absolute atomic E-state index is 10.5. The highest BCUT2D eigenvalue weighted by atomic mass is 79.9. The molecule has 0 saturated carbocycles. The van der Waals surface area contributed by atoms with Crippen LogP contribution < -0.4 is 10.1 Å². The van der Waals surface area contributed by atoms with Crippen molar-refractivity contribution < 1.29 is 9.84 Å². The zero-order chi connectivity index (χ0) is 19.7. The Morgan fingerprint density at radius 1 is 1.18 bits per heavy atom. The Morgan fingerprint density at radius 3 is 2.57 bits per heavy atom. The molecule has 0 radical (unpaired) electrons. The number of hydrogen-bond donors (Lipinski definition) is 2. The van der Waals surface area contributed by atoms with Gasteiger partial charge in [-0.3, -0.25) is 10.3 Å². The molecule has 2 aliphatic heterocycles. The molecule has 1 fully saturated rings. The number of nitrogens with one attached hydrogen (secondary N) is 1. The highest BCUT2D eigenvalue weighted by molar-refractivity contribution is 9.10. The van der Waals surface area contributed by atoms with Crippen LogP contribution in [0.1, 0.15) is 36.4 Å². The van der Waals surface area contributed by atoms with Gasteiger partial charge in [-0.2, -0.15) is 0 Å². The number of nitrogens with zero attached hydrogens (tertiary/aromatic N) is 2. The van der Waals surface area contributed by atoms with Gasteiger partial charge in [-0.25, -0.2) is 0 Å². The summed E-state index contributed by atoms with van der Waals surface area (Å²) in [5.41, 5.74) is 2.81. The second-order valence-electron chi connectivity index (χ2n) is 7.73. The molecule has 0 bridgehead atoms. The zero-order valence-electron chi connectivity index (χ0n) is 16.3. The van der Waals surface area contributed by atoms with Crippen molar-refractivity contribution in [3.05, 3.63) is 58.1 Å². The van der Waals surface area contributed by atoms with Crippen molar-refractivity contribution in [2.24, 2.45) is 4.99 Å². The van der Waals surface area contributed by atoms with E-state index in [2.05, 4.69) is 45.3 Å². The summed E-state index contributed by atoms with van der Waals surface area (Å²) in [5, 5.41) is 14.3. The van der Waals surface area contributed by atoms with E-state index in [1.165, 1.54) is 0 Å². The first-order chi connectivity index (χ1) is 13.5. The Balaban J connectivity index is 1.73. The number of likely N-dealkylation sites (tertiary alicyclic amines) is 1. The monoisotopic (exact) mass is 443 g/mol. The fourth-order valence-electron chi connectivity index (χ4n) is 4.11. The Kier molecular flexibility index (Phi) is 5.45. The van der Waals surface area contributed by atoms with Gasteiger partial charge in [-0.1, -0.05) is 15.9 Å². The molecule has 6 heteroatoms. The number of halogens is 1. The van der Waals surface area contributed by atoms with Crippen molar-refractivity contribution in [3.8, 4) is 11.5 Å². The van der Waals surface area contributed by atoms with Crippen LogP contribution in [0.5, 0.6) is 11.5 Å². The van der Waals surface area contributed by atoms with E-state index in [0.717, 1.165) is 59.4 Å². The molecule has 2 aliphatic rings. The summed E-state index contributed by atoms with van der Waals surface area (Å²) in [6.07, 6.45) is 2.64. The van der Waals surface area contributed by atoms with Crippen LogP contribution in [0.2, 0.25) is 0 Å². The van der Waals surface area contributed by atoms with Gasteiger partial charge in [0.1, 0.15) is 17.2 Å². The number of hydrogen-bond acceptors (Lipinski definition) is 5. The quantitative estimate of drug-likeness (QED) is 0.749. The maximum Gasteiger partial charge on any atom is 0.120 e. The van der Waals surface area contributed by atoms with Crippen LogP contribution in [-0.2, 0) is 0 Å². The molecule has 148 valence electrons. The average molecular weight is 444 g/mol. The van der Waals surface area contributed by atoms with Gasteiger partial charge >= 0.3 is 0 Å². The normalized spacial score (nSPS) is 22.1. The number of methoxy groups -OCH3 is 1. The minimum absolute atomic E-state index is 0.00973. The van der Waals surface area contributed by atoms with Gasteiger partial charge in [0.15, 0.2) is 0 Å². The molecule has 0 aliphatic carbocycles. The molecule has 28 heavy (non-hydrogen) atoms. The second kappa shape index (κ2) is 7.85. The molecule has 2 aromatic carbocycles. The number of phenolic OH excluding ortho intramolecular Hbond substituents is 1. The van der Waals surface area contributed by atoms with E-state index in [4.69, 9.17) is 9.73 Å². The molecule has 2 N–H and O–H groups in total. The SMILES string of the molecule is COc1ccc(C2=NC3(CCN(C)CC3)N[C@@H](c3cc(Br)ccc3O)C2)cc1. The number of aliphatic imine (C=N–C) groups is 1. The van der Waals surface area contributed by atoms with Crippen LogP contribution in [-0.4, -0.2) is 48.6 Å². The first-order valence-electron chi connectivity index (χ1n) is 9.66. The van der Waals surface area contributed by atoms with Crippen LogP contribution in [0.25, 0.3) is 0 Å². The first kappa shape index (κ1) is 19.4. The lowest BCUT2D eigenvalue weighted by atomic mass is 9.87. The van der Waals surface area contributed by atoms with Crippen LogP contribution in [0.3, 0.4) is 0 Å². The van der Waals surface area contributed by atoms with Crippen LogP contribution in [0.4, 0.5) is 0 Å².